The van der Waals surface area contributed by atoms with Crippen LogP contribution >= 0.6 is 0 Å². The van der Waals surface area contributed by atoms with E-state index in [-0.39, 0.29) is 39.7 Å². The first-order chi connectivity index (χ1) is 14.6. The molecular formula is C22H27F2N3O3S. The zero-order valence-electron chi connectivity index (χ0n) is 18.2. The normalized spacial score (nSPS) is 19.7. The molecule has 2 heterocycles. The van der Waals surface area contributed by atoms with Gasteiger partial charge >= 0.3 is 0 Å². The van der Waals surface area contributed by atoms with Gasteiger partial charge in [-0.3, -0.25) is 9.36 Å². The molecule has 1 aromatic carbocycles. The Kier molecular flexibility index (Phi) is 5.85. The number of fused-ring (bicyclic) bond motifs is 1. The summed E-state index contributed by atoms with van der Waals surface area (Å²) >= 11 is 0. The Hall–Kier alpha value is -2.00. The van der Waals surface area contributed by atoms with Crippen LogP contribution in [-0.2, 0) is 15.7 Å². The third kappa shape index (κ3) is 4.22. The van der Waals surface area contributed by atoms with Crippen molar-refractivity contribution in [3.8, 4) is 0 Å². The van der Waals surface area contributed by atoms with Crippen LogP contribution in [0.2, 0.25) is 0 Å². The minimum Gasteiger partial charge on any atom is -0.381 e. The molecule has 0 bridgehead atoms. The van der Waals surface area contributed by atoms with Gasteiger partial charge in [0, 0.05) is 25.2 Å². The first-order valence-electron chi connectivity index (χ1n) is 10.6. The lowest BCUT2D eigenvalue weighted by molar-refractivity contribution is 0.0825. The summed E-state index contributed by atoms with van der Waals surface area (Å²) in [4.78, 5) is 18.1. The molecule has 0 spiro atoms. The van der Waals surface area contributed by atoms with Crippen LogP contribution in [0.15, 0.2) is 15.3 Å². The molecule has 4 rings (SSSR count). The van der Waals surface area contributed by atoms with Crippen LogP contribution in [0.4, 0.5) is 8.78 Å². The van der Waals surface area contributed by atoms with Crippen LogP contribution < -0.4 is 5.56 Å². The number of ether oxygens (including phenoxy) is 1. The summed E-state index contributed by atoms with van der Waals surface area (Å²) in [5.74, 6) is -1.67. The zero-order valence-corrected chi connectivity index (χ0v) is 19.0. The minimum absolute atomic E-state index is 0.00775. The van der Waals surface area contributed by atoms with Gasteiger partial charge in [-0.25, -0.2) is 18.0 Å². The number of benzene rings is 1. The van der Waals surface area contributed by atoms with E-state index in [4.69, 9.17) is 9.72 Å². The van der Waals surface area contributed by atoms with Crippen molar-refractivity contribution >= 4 is 27.6 Å². The summed E-state index contributed by atoms with van der Waals surface area (Å²) < 4.78 is 52.6. The van der Waals surface area contributed by atoms with Crippen molar-refractivity contribution in [1.82, 2.24) is 9.55 Å². The third-order valence-electron chi connectivity index (χ3n) is 5.72. The van der Waals surface area contributed by atoms with Crippen molar-refractivity contribution in [2.24, 2.45) is 4.40 Å². The van der Waals surface area contributed by atoms with Crippen molar-refractivity contribution in [1.29, 1.82) is 0 Å². The Bertz CT molecular complexity index is 1140. The topological polar surface area (TPSA) is 73.5 Å². The first-order valence-corrected chi connectivity index (χ1v) is 11.7. The maximum Gasteiger partial charge on any atom is 0.261 e. The van der Waals surface area contributed by atoms with E-state index in [0.717, 1.165) is 18.9 Å². The van der Waals surface area contributed by atoms with E-state index in [2.05, 4.69) is 4.40 Å². The molecule has 1 saturated carbocycles. The lowest BCUT2D eigenvalue weighted by atomic mass is 9.98. The quantitative estimate of drug-likeness (QED) is 0.654. The van der Waals surface area contributed by atoms with Crippen LogP contribution in [0.25, 0.3) is 10.9 Å². The van der Waals surface area contributed by atoms with Crippen LogP contribution in [-0.4, -0.2) is 37.4 Å². The zero-order chi connectivity index (χ0) is 22.5. The van der Waals surface area contributed by atoms with E-state index in [0.29, 0.717) is 31.9 Å². The molecule has 9 heteroatoms. The van der Waals surface area contributed by atoms with E-state index in [1.165, 1.54) is 6.92 Å². The van der Waals surface area contributed by atoms with Gasteiger partial charge in [0.05, 0.1) is 26.9 Å². The molecule has 1 aromatic heterocycles. The van der Waals surface area contributed by atoms with Gasteiger partial charge in [0.1, 0.15) is 16.8 Å². The first kappa shape index (κ1) is 22.2. The Labute approximate surface area is 182 Å². The number of nitrogens with zero attached hydrogens (tertiary/aromatic N) is 3. The van der Waals surface area contributed by atoms with Gasteiger partial charge in [0.15, 0.2) is 11.6 Å². The standard InChI is InChI=1S/C22H27F2N3O3S/c1-12(26-31(29)22(2,3)4)17-18(24)16(23)11-15-19(17)25-20(13-7-9-30-10-8-13)27(21(15)28)14-5-6-14/h11,13-14H,5-10H2,1-4H3/t31-/m1/s1. The fourth-order valence-corrected chi connectivity index (χ4v) is 4.48. The van der Waals surface area contributed by atoms with Crippen molar-refractivity contribution in [3.05, 3.63) is 39.4 Å². The Morgan fingerprint density at radius 3 is 2.45 bits per heavy atom. The molecule has 2 aliphatic rings. The van der Waals surface area contributed by atoms with Gasteiger partial charge in [-0.15, -0.1) is 0 Å². The molecule has 0 unspecified atom stereocenters. The summed E-state index contributed by atoms with van der Waals surface area (Å²) in [5, 5.41) is 0.0210. The van der Waals surface area contributed by atoms with E-state index in [1.54, 1.807) is 25.3 Å². The monoisotopic (exact) mass is 451 g/mol. The Morgan fingerprint density at radius 1 is 1.23 bits per heavy atom. The van der Waals surface area contributed by atoms with Gasteiger partial charge in [-0.05, 0) is 59.4 Å². The smallest absolute Gasteiger partial charge is 0.261 e. The molecule has 1 aliphatic carbocycles. The summed E-state index contributed by atoms with van der Waals surface area (Å²) in [6.07, 6.45) is 3.16. The largest absolute Gasteiger partial charge is 0.381 e. The molecule has 1 aliphatic heterocycles. The molecular weight excluding hydrogens is 424 g/mol. The molecule has 168 valence electrons. The molecule has 31 heavy (non-hydrogen) atoms. The van der Waals surface area contributed by atoms with Gasteiger partial charge in [-0.1, -0.05) is 0 Å². The average molecular weight is 452 g/mol. The van der Waals surface area contributed by atoms with Crippen LogP contribution in [0.1, 0.15) is 76.7 Å². The highest BCUT2D eigenvalue weighted by Gasteiger charge is 2.33. The van der Waals surface area contributed by atoms with Gasteiger partial charge in [0.25, 0.3) is 5.56 Å². The van der Waals surface area contributed by atoms with E-state index in [1.807, 2.05) is 0 Å². The predicted octanol–water partition coefficient (Wildman–Crippen LogP) is 4.17. The van der Waals surface area contributed by atoms with E-state index >= 15 is 0 Å². The second-order valence-corrected chi connectivity index (χ2v) is 11.2. The van der Waals surface area contributed by atoms with Crippen LogP contribution in [0.3, 0.4) is 0 Å². The molecule has 0 N–H and O–H groups in total. The molecule has 1 saturated heterocycles. The maximum absolute atomic E-state index is 15.0. The lowest BCUT2D eigenvalue weighted by Crippen LogP contribution is -2.29. The maximum atomic E-state index is 15.0. The van der Waals surface area contributed by atoms with Crippen molar-refractivity contribution < 1.29 is 17.7 Å². The van der Waals surface area contributed by atoms with E-state index in [9.17, 15) is 17.8 Å². The fourth-order valence-electron chi connectivity index (χ4n) is 3.86. The number of hydrogen-bond donors (Lipinski definition) is 0. The van der Waals surface area contributed by atoms with Gasteiger partial charge in [0.2, 0.25) is 0 Å². The number of aromatic nitrogens is 2. The molecule has 1 atom stereocenters. The highest BCUT2D eigenvalue weighted by Crippen LogP contribution is 2.38. The Morgan fingerprint density at radius 2 is 1.87 bits per heavy atom. The molecule has 6 nitrogen and oxygen atoms in total. The number of halogens is 2. The molecule has 0 radical (unpaired) electrons. The SMILES string of the molecule is CC(=N[S@](=O)C(C)(C)C)c1c(F)c(F)cc2c(=O)n(C3CC3)c(C3CCOCC3)nc12. The highest BCUT2D eigenvalue weighted by atomic mass is 32.2. The van der Waals surface area contributed by atoms with Gasteiger partial charge in [-0.2, -0.15) is 4.40 Å². The second-order valence-electron chi connectivity index (χ2n) is 9.24. The fraction of sp³-hybridized carbons (Fsp3) is 0.591. The van der Waals surface area contributed by atoms with Gasteiger partial charge < -0.3 is 4.74 Å². The lowest BCUT2D eigenvalue weighted by Gasteiger charge is -2.25. The predicted molar refractivity (Wildman–Crippen MR) is 117 cm³/mol. The Balaban J connectivity index is 1.99. The summed E-state index contributed by atoms with van der Waals surface area (Å²) in [7, 11) is -1.67. The summed E-state index contributed by atoms with van der Waals surface area (Å²) in [5.41, 5.74) is -0.418. The number of rotatable bonds is 4. The van der Waals surface area contributed by atoms with Crippen LogP contribution in [0, 0.1) is 11.6 Å². The molecule has 0 amide bonds. The summed E-state index contributed by atoms with van der Waals surface area (Å²) in [6, 6.07) is 0.964. The summed E-state index contributed by atoms with van der Waals surface area (Å²) in [6.45, 7) is 7.85. The minimum atomic E-state index is -1.67. The third-order valence-corrected chi connectivity index (χ3v) is 7.21. The average Bonchev–Trinajstić information content (AvgIpc) is 3.54. The molecule has 2 fully saturated rings. The second kappa shape index (κ2) is 8.16. The number of hydrogen-bond acceptors (Lipinski definition) is 4. The van der Waals surface area contributed by atoms with Crippen molar-refractivity contribution in [2.45, 2.75) is 70.1 Å². The van der Waals surface area contributed by atoms with Crippen molar-refractivity contribution in [2.75, 3.05) is 13.2 Å². The molecule has 2 aromatic rings. The highest BCUT2D eigenvalue weighted by molar-refractivity contribution is 7.85. The van der Waals surface area contributed by atoms with E-state index < -0.39 is 27.4 Å². The van der Waals surface area contributed by atoms with Crippen LogP contribution in [0.5, 0.6) is 0 Å². The van der Waals surface area contributed by atoms with Crippen molar-refractivity contribution in [3.63, 3.8) is 0 Å².